The molecule has 0 aromatic carbocycles. The zero-order valence-corrected chi connectivity index (χ0v) is 11.9. The summed E-state index contributed by atoms with van der Waals surface area (Å²) in [7, 11) is 0. The first-order chi connectivity index (χ1) is 8.65. The van der Waals surface area contributed by atoms with Crippen LogP contribution in [0, 0.1) is 0 Å². The maximum Gasteiger partial charge on any atom is 0.0442 e. The van der Waals surface area contributed by atoms with Gasteiger partial charge in [0.15, 0.2) is 0 Å². The summed E-state index contributed by atoms with van der Waals surface area (Å²) >= 11 is 0. The van der Waals surface area contributed by atoms with E-state index in [9.17, 15) is 0 Å². The molecule has 0 aliphatic rings. The Hall–Kier alpha value is -1.76. The normalized spacial score (nSPS) is 12.6. The molecule has 1 heteroatoms. The van der Waals surface area contributed by atoms with Crippen LogP contribution in [0.2, 0.25) is 0 Å². The van der Waals surface area contributed by atoms with Gasteiger partial charge in [-0.05, 0) is 44.9 Å². The Bertz CT molecular complexity index is 380. The molecule has 0 rings (SSSR count). The van der Waals surface area contributed by atoms with E-state index in [-0.39, 0.29) is 0 Å². The second-order valence-electron chi connectivity index (χ2n) is 3.84. The number of allylic oxidation sites excluding steroid dienone is 7. The van der Waals surface area contributed by atoms with Crippen LogP contribution in [0.15, 0.2) is 73.2 Å². The molecule has 0 fully saturated rings. The lowest BCUT2D eigenvalue weighted by Crippen LogP contribution is -2.21. The second-order valence-corrected chi connectivity index (χ2v) is 3.84. The highest BCUT2D eigenvalue weighted by atomic mass is 15.1. The van der Waals surface area contributed by atoms with Gasteiger partial charge in [-0.2, -0.15) is 0 Å². The van der Waals surface area contributed by atoms with Crippen molar-refractivity contribution in [2.75, 3.05) is 6.54 Å². The van der Waals surface area contributed by atoms with Crippen LogP contribution in [0.4, 0.5) is 0 Å². The Labute approximate surface area is 112 Å². The van der Waals surface area contributed by atoms with E-state index in [0.29, 0.717) is 0 Å². The van der Waals surface area contributed by atoms with Crippen LogP contribution < -0.4 is 0 Å². The lowest BCUT2D eigenvalue weighted by molar-refractivity contribution is 0.475. The smallest absolute Gasteiger partial charge is 0.0442 e. The minimum atomic E-state index is 0.808. The van der Waals surface area contributed by atoms with Gasteiger partial charge in [0, 0.05) is 17.9 Å². The van der Waals surface area contributed by atoms with Crippen LogP contribution in [-0.2, 0) is 0 Å². The number of hydrogen-bond acceptors (Lipinski definition) is 1. The van der Waals surface area contributed by atoms with Gasteiger partial charge in [-0.15, -0.1) is 6.58 Å². The Morgan fingerprint density at radius 2 is 1.72 bits per heavy atom. The van der Waals surface area contributed by atoms with Crippen LogP contribution in [0.1, 0.15) is 27.2 Å². The summed E-state index contributed by atoms with van der Waals surface area (Å²) in [6.07, 6.45) is 12.7. The van der Waals surface area contributed by atoms with Crippen molar-refractivity contribution in [3.05, 3.63) is 73.2 Å². The molecular weight excluding hydrogens is 218 g/mol. The van der Waals surface area contributed by atoms with Crippen LogP contribution in [0.3, 0.4) is 0 Å². The zero-order chi connectivity index (χ0) is 14.0. The predicted molar refractivity (Wildman–Crippen MR) is 83.2 cm³/mol. The molecule has 0 unspecified atom stereocenters. The molecule has 0 atom stereocenters. The summed E-state index contributed by atoms with van der Waals surface area (Å²) in [6.45, 7) is 18.8. The van der Waals surface area contributed by atoms with Crippen LogP contribution in [0.25, 0.3) is 0 Å². The lowest BCUT2D eigenvalue weighted by Gasteiger charge is -2.26. The molecule has 0 aromatic rings. The number of likely N-dealkylation sites (N-methyl/N-ethyl adjacent to an activating group) is 1. The maximum absolute atomic E-state index is 4.11. The largest absolute Gasteiger partial charge is 0.342 e. The molecule has 18 heavy (non-hydrogen) atoms. The molecule has 0 aliphatic carbocycles. The third-order valence-corrected chi connectivity index (χ3v) is 2.58. The Morgan fingerprint density at radius 1 is 1.11 bits per heavy atom. The molecule has 0 amide bonds. The van der Waals surface area contributed by atoms with Gasteiger partial charge in [-0.25, -0.2) is 0 Å². The molecule has 0 spiro atoms. The van der Waals surface area contributed by atoms with Crippen LogP contribution >= 0.6 is 0 Å². The third kappa shape index (κ3) is 4.62. The van der Waals surface area contributed by atoms with Gasteiger partial charge in [0.1, 0.15) is 0 Å². The number of nitrogens with zero attached hydrogens (tertiary/aromatic N) is 1. The second kappa shape index (κ2) is 9.29. The molecule has 0 radical (unpaired) electrons. The average Bonchev–Trinajstić information content (AvgIpc) is 2.36. The monoisotopic (exact) mass is 243 g/mol. The SMILES string of the molecule is C=CC/C(C=C)=C(/C=C\C)N(CC)C(=C)/C=C\C. The van der Waals surface area contributed by atoms with Crippen LogP contribution in [0.5, 0.6) is 0 Å². The molecule has 0 saturated heterocycles. The first kappa shape index (κ1) is 16.2. The molecule has 98 valence electrons. The Kier molecular flexibility index (Phi) is 8.38. The van der Waals surface area contributed by atoms with Crippen molar-refractivity contribution in [1.82, 2.24) is 4.90 Å². The third-order valence-electron chi connectivity index (χ3n) is 2.58. The highest BCUT2D eigenvalue weighted by Gasteiger charge is 2.10. The van der Waals surface area contributed by atoms with Gasteiger partial charge in [-0.3, -0.25) is 0 Å². The summed E-state index contributed by atoms with van der Waals surface area (Å²) in [5.41, 5.74) is 3.28. The molecule has 0 aromatic heterocycles. The van der Waals surface area contributed by atoms with Gasteiger partial charge in [0.2, 0.25) is 0 Å². The van der Waals surface area contributed by atoms with Gasteiger partial charge in [-0.1, -0.05) is 37.5 Å². The van der Waals surface area contributed by atoms with Crippen molar-refractivity contribution in [2.45, 2.75) is 27.2 Å². The summed E-state index contributed by atoms with van der Waals surface area (Å²) in [6, 6.07) is 0. The standard InChI is InChI=1S/C17H25N/c1-7-12-15(6)18(11-5)17(14-9-3)16(10-4)13-8-2/h7-10,12,14H,2,4,6,11,13H2,1,3,5H3/b12-7-,14-9-,17-16-. The lowest BCUT2D eigenvalue weighted by atomic mass is 10.1. The predicted octanol–water partition coefficient (Wildman–Crippen LogP) is 4.99. The number of hydrogen-bond donors (Lipinski definition) is 0. The first-order valence-electron chi connectivity index (χ1n) is 6.34. The van der Waals surface area contributed by atoms with Crippen molar-refractivity contribution in [3.63, 3.8) is 0 Å². The molecule has 0 aliphatic heterocycles. The summed E-state index contributed by atoms with van der Waals surface area (Å²) in [4.78, 5) is 2.18. The molecular formula is C17H25N. The van der Waals surface area contributed by atoms with E-state index in [4.69, 9.17) is 0 Å². The summed E-state index contributed by atoms with van der Waals surface area (Å²) in [5, 5.41) is 0. The molecule has 0 N–H and O–H groups in total. The molecule has 0 bridgehead atoms. The van der Waals surface area contributed by atoms with Gasteiger partial charge < -0.3 is 4.90 Å². The van der Waals surface area contributed by atoms with Crippen molar-refractivity contribution < 1.29 is 0 Å². The highest BCUT2D eigenvalue weighted by molar-refractivity contribution is 5.36. The van der Waals surface area contributed by atoms with Gasteiger partial charge in [0.05, 0.1) is 0 Å². The Morgan fingerprint density at radius 3 is 2.11 bits per heavy atom. The topological polar surface area (TPSA) is 3.24 Å². The van der Waals surface area contributed by atoms with E-state index in [2.05, 4.69) is 37.6 Å². The fourth-order valence-corrected chi connectivity index (χ4v) is 1.79. The zero-order valence-electron chi connectivity index (χ0n) is 11.9. The van der Waals surface area contributed by atoms with E-state index < -0.39 is 0 Å². The molecule has 0 heterocycles. The highest BCUT2D eigenvalue weighted by Crippen LogP contribution is 2.21. The molecule has 0 saturated carbocycles. The van der Waals surface area contributed by atoms with Crippen molar-refractivity contribution in [1.29, 1.82) is 0 Å². The summed E-state index contributed by atoms with van der Waals surface area (Å²) < 4.78 is 0. The maximum atomic E-state index is 4.11. The van der Waals surface area contributed by atoms with E-state index in [0.717, 1.165) is 29.9 Å². The van der Waals surface area contributed by atoms with E-state index in [1.165, 1.54) is 0 Å². The van der Waals surface area contributed by atoms with Gasteiger partial charge >= 0.3 is 0 Å². The fourth-order valence-electron chi connectivity index (χ4n) is 1.79. The minimum absolute atomic E-state index is 0.808. The van der Waals surface area contributed by atoms with Crippen LogP contribution in [-0.4, -0.2) is 11.4 Å². The van der Waals surface area contributed by atoms with Crippen molar-refractivity contribution in [3.8, 4) is 0 Å². The van der Waals surface area contributed by atoms with Crippen molar-refractivity contribution in [2.24, 2.45) is 0 Å². The van der Waals surface area contributed by atoms with E-state index >= 15 is 0 Å². The first-order valence-corrected chi connectivity index (χ1v) is 6.34. The van der Waals surface area contributed by atoms with Gasteiger partial charge in [0.25, 0.3) is 0 Å². The Balaban J connectivity index is 5.60. The van der Waals surface area contributed by atoms with Crippen molar-refractivity contribution >= 4 is 0 Å². The average molecular weight is 243 g/mol. The number of rotatable bonds is 8. The quantitative estimate of drug-likeness (QED) is 0.429. The fraction of sp³-hybridized carbons (Fsp3) is 0.294. The van der Waals surface area contributed by atoms with E-state index in [1.54, 1.807) is 0 Å². The molecule has 1 nitrogen and oxygen atoms in total. The summed E-state index contributed by atoms with van der Waals surface area (Å²) in [5.74, 6) is 0. The van der Waals surface area contributed by atoms with E-state index in [1.807, 2.05) is 44.2 Å². The minimum Gasteiger partial charge on any atom is -0.342 e.